The number of benzene rings is 1. The van der Waals surface area contributed by atoms with E-state index >= 15 is 0 Å². The summed E-state index contributed by atoms with van der Waals surface area (Å²) in [5.74, 6) is 0.137. The van der Waals surface area contributed by atoms with Crippen LogP contribution < -0.4 is 5.32 Å². The SMILES string of the molecule is CCC1(C(=O)Nc2cccc(CO)c2)CCCC1. The van der Waals surface area contributed by atoms with E-state index < -0.39 is 0 Å². The molecule has 18 heavy (non-hydrogen) atoms. The number of hydrogen-bond acceptors (Lipinski definition) is 2. The first-order valence-corrected chi connectivity index (χ1v) is 6.71. The lowest BCUT2D eigenvalue weighted by Gasteiger charge is -2.26. The second-order valence-electron chi connectivity index (χ2n) is 5.15. The lowest BCUT2D eigenvalue weighted by molar-refractivity contribution is -0.125. The molecule has 0 heterocycles. The van der Waals surface area contributed by atoms with E-state index in [0.717, 1.165) is 43.4 Å². The van der Waals surface area contributed by atoms with Crippen molar-refractivity contribution in [1.29, 1.82) is 0 Å². The Morgan fingerprint density at radius 2 is 2.11 bits per heavy atom. The van der Waals surface area contributed by atoms with Crippen LogP contribution in [0.15, 0.2) is 24.3 Å². The van der Waals surface area contributed by atoms with Gasteiger partial charge < -0.3 is 10.4 Å². The zero-order chi connectivity index (χ0) is 13.0. The summed E-state index contributed by atoms with van der Waals surface area (Å²) >= 11 is 0. The standard InChI is InChI=1S/C15H21NO2/c1-2-15(8-3-4-9-15)14(18)16-13-7-5-6-12(10-13)11-17/h5-7,10,17H,2-4,8-9,11H2,1H3,(H,16,18). The summed E-state index contributed by atoms with van der Waals surface area (Å²) in [7, 11) is 0. The van der Waals surface area contributed by atoms with Crippen LogP contribution in [0.1, 0.15) is 44.6 Å². The van der Waals surface area contributed by atoms with Crippen LogP contribution in [0.4, 0.5) is 5.69 Å². The largest absolute Gasteiger partial charge is 0.392 e. The van der Waals surface area contributed by atoms with Gasteiger partial charge in [0, 0.05) is 11.1 Å². The van der Waals surface area contributed by atoms with Crippen molar-refractivity contribution in [1.82, 2.24) is 0 Å². The molecular formula is C15H21NO2. The summed E-state index contributed by atoms with van der Waals surface area (Å²) in [6, 6.07) is 7.40. The van der Waals surface area contributed by atoms with Crippen molar-refractivity contribution in [3.63, 3.8) is 0 Å². The van der Waals surface area contributed by atoms with Gasteiger partial charge in [0.2, 0.25) is 5.91 Å². The molecule has 1 fully saturated rings. The Morgan fingerprint density at radius 1 is 1.39 bits per heavy atom. The fraction of sp³-hybridized carbons (Fsp3) is 0.533. The average molecular weight is 247 g/mol. The zero-order valence-corrected chi connectivity index (χ0v) is 10.9. The van der Waals surface area contributed by atoms with Crippen LogP contribution in [0, 0.1) is 5.41 Å². The Labute approximate surface area is 108 Å². The number of hydrogen-bond donors (Lipinski definition) is 2. The first kappa shape index (κ1) is 13.1. The molecule has 98 valence electrons. The van der Waals surface area contributed by atoms with Gasteiger partial charge in [-0.3, -0.25) is 4.79 Å². The van der Waals surface area contributed by atoms with Gasteiger partial charge in [0.25, 0.3) is 0 Å². The highest BCUT2D eigenvalue weighted by molar-refractivity contribution is 5.95. The maximum absolute atomic E-state index is 12.4. The minimum Gasteiger partial charge on any atom is -0.392 e. The third kappa shape index (κ3) is 2.56. The lowest BCUT2D eigenvalue weighted by Crippen LogP contribution is -2.33. The number of anilines is 1. The van der Waals surface area contributed by atoms with Crippen LogP contribution in [-0.4, -0.2) is 11.0 Å². The normalized spacial score (nSPS) is 17.7. The third-order valence-corrected chi connectivity index (χ3v) is 4.09. The number of nitrogens with one attached hydrogen (secondary N) is 1. The maximum atomic E-state index is 12.4. The summed E-state index contributed by atoms with van der Waals surface area (Å²) in [5, 5.41) is 12.1. The Bertz CT molecular complexity index is 422. The van der Waals surface area contributed by atoms with Gasteiger partial charge in [0.1, 0.15) is 0 Å². The van der Waals surface area contributed by atoms with E-state index in [1.807, 2.05) is 24.3 Å². The van der Waals surface area contributed by atoms with Crippen LogP contribution in [0.25, 0.3) is 0 Å². The predicted molar refractivity (Wildman–Crippen MR) is 72.2 cm³/mol. The Morgan fingerprint density at radius 3 is 2.72 bits per heavy atom. The van der Waals surface area contributed by atoms with E-state index in [0.29, 0.717) is 0 Å². The number of carbonyl (C=O) groups excluding carboxylic acids is 1. The smallest absolute Gasteiger partial charge is 0.230 e. The molecule has 1 aromatic carbocycles. The fourth-order valence-electron chi connectivity index (χ4n) is 2.80. The first-order valence-electron chi connectivity index (χ1n) is 6.71. The molecule has 0 atom stereocenters. The first-order chi connectivity index (χ1) is 8.70. The molecule has 0 unspecified atom stereocenters. The van der Waals surface area contributed by atoms with Gasteiger partial charge in [-0.1, -0.05) is 31.9 Å². The minimum absolute atomic E-state index is 0.00261. The van der Waals surface area contributed by atoms with Crippen molar-refractivity contribution >= 4 is 11.6 Å². The molecule has 3 nitrogen and oxygen atoms in total. The van der Waals surface area contributed by atoms with Gasteiger partial charge >= 0.3 is 0 Å². The minimum atomic E-state index is -0.171. The molecule has 0 bridgehead atoms. The molecule has 0 aliphatic heterocycles. The van der Waals surface area contributed by atoms with Gasteiger partial charge in [-0.15, -0.1) is 0 Å². The monoisotopic (exact) mass is 247 g/mol. The fourth-order valence-corrected chi connectivity index (χ4v) is 2.80. The molecule has 1 aliphatic carbocycles. The highest BCUT2D eigenvalue weighted by atomic mass is 16.3. The second-order valence-corrected chi connectivity index (χ2v) is 5.15. The van der Waals surface area contributed by atoms with Crippen molar-refractivity contribution < 1.29 is 9.90 Å². The van der Waals surface area contributed by atoms with Gasteiger partial charge in [0.15, 0.2) is 0 Å². The third-order valence-electron chi connectivity index (χ3n) is 4.09. The molecule has 1 saturated carbocycles. The quantitative estimate of drug-likeness (QED) is 0.859. The molecule has 0 saturated heterocycles. The van der Waals surface area contributed by atoms with Gasteiger partial charge in [-0.2, -0.15) is 0 Å². The van der Waals surface area contributed by atoms with Crippen LogP contribution in [0.3, 0.4) is 0 Å². The van der Waals surface area contributed by atoms with Gasteiger partial charge in [0.05, 0.1) is 6.61 Å². The van der Waals surface area contributed by atoms with Gasteiger partial charge in [-0.05, 0) is 37.0 Å². The number of carbonyl (C=O) groups is 1. The van der Waals surface area contributed by atoms with E-state index in [1.165, 1.54) is 0 Å². The summed E-state index contributed by atoms with van der Waals surface area (Å²) in [5.41, 5.74) is 1.44. The molecule has 1 aromatic rings. The van der Waals surface area contributed by atoms with Gasteiger partial charge in [-0.25, -0.2) is 0 Å². The van der Waals surface area contributed by atoms with Crippen molar-refractivity contribution in [2.24, 2.45) is 5.41 Å². The van der Waals surface area contributed by atoms with Crippen molar-refractivity contribution in [3.05, 3.63) is 29.8 Å². The molecule has 0 aromatic heterocycles. The molecule has 3 heteroatoms. The Balaban J connectivity index is 2.10. The van der Waals surface area contributed by atoms with E-state index in [1.54, 1.807) is 0 Å². The van der Waals surface area contributed by atoms with Crippen molar-refractivity contribution in [2.75, 3.05) is 5.32 Å². The predicted octanol–water partition coefficient (Wildman–Crippen LogP) is 3.09. The number of rotatable bonds is 4. The summed E-state index contributed by atoms with van der Waals surface area (Å²) in [6.07, 6.45) is 5.19. The number of aliphatic hydroxyl groups is 1. The highest BCUT2D eigenvalue weighted by Gasteiger charge is 2.39. The molecule has 0 radical (unpaired) electrons. The average Bonchev–Trinajstić information content (AvgIpc) is 2.89. The van der Waals surface area contributed by atoms with E-state index in [9.17, 15) is 4.79 Å². The zero-order valence-electron chi connectivity index (χ0n) is 10.9. The van der Waals surface area contributed by atoms with Crippen LogP contribution in [-0.2, 0) is 11.4 Å². The maximum Gasteiger partial charge on any atom is 0.230 e. The Kier molecular flexibility index (Phi) is 4.02. The molecule has 2 rings (SSSR count). The van der Waals surface area contributed by atoms with Crippen LogP contribution in [0.2, 0.25) is 0 Å². The van der Waals surface area contributed by atoms with Crippen molar-refractivity contribution in [3.8, 4) is 0 Å². The topological polar surface area (TPSA) is 49.3 Å². The summed E-state index contributed by atoms with van der Waals surface area (Å²) < 4.78 is 0. The molecule has 1 aliphatic rings. The Hall–Kier alpha value is -1.35. The number of amides is 1. The number of aliphatic hydroxyl groups excluding tert-OH is 1. The summed E-state index contributed by atoms with van der Waals surface area (Å²) in [6.45, 7) is 2.09. The molecule has 1 amide bonds. The van der Waals surface area contributed by atoms with Crippen LogP contribution in [0.5, 0.6) is 0 Å². The van der Waals surface area contributed by atoms with Crippen LogP contribution >= 0.6 is 0 Å². The highest BCUT2D eigenvalue weighted by Crippen LogP contribution is 2.41. The lowest BCUT2D eigenvalue weighted by atomic mass is 9.82. The van der Waals surface area contributed by atoms with Crippen molar-refractivity contribution in [2.45, 2.75) is 45.6 Å². The second kappa shape index (κ2) is 5.53. The van der Waals surface area contributed by atoms with E-state index in [4.69, 9.17) is 5.11 Å². The molecule has 2 N–H and O–H groups in total. The summed E-state index contributed by atoms with van der Waals surface area (Å²) in [4.78, 5) is 12.4. The molecular weight excluding hydrogens is 226 g/mol. The molecule has 0 spiro atoms. The van der Waals surface area contributed by atoms with E-state index in [-0.39, 0.29) is 17.9 Å². The van der Waals surface area contributed by atoms with E-state index in [2.05, 4.69) is 12.2 Å².